The van der Waals surface area contributed by atoms with Crippen molar-refractivity contribution in [3.05, 3.63) is 58.4 Å². The Kier molecular flexibility index (Phi) is 5.36. The summed E-state index contributed by atoms with van der Waals surface area (Å²) in [5.41, 5.74) is 0.241. The van der Waals surface area contributed by atoms with E-state index in [0.29, 0.717) is 16.1 Å². The summed E-state index contributed by atoms with van der Waals surface area (Å²) in [5.74, 6) is -4.36. The van der Waals surface area contributed by atoms with Gasteiger partial charge in [0.05, 0.1) is 11.5 Å². The summed E-state index contributed by atoms with van der Waals surface area (Å²) < 4.78 is 53.8. The fourth-order valence-electron chi connectivity index (χ4n) is 4.67. The molecular weight excluding hydrogens is 434 g/mol. The van der Waals surface area contributed by atoms with E-state index in [4.69, 9.17) is 11.6 Å². The minimum absolute atomic E-state index is 0.0728. The van der Waals surface area contributed by atoms with Gasteiger partial charge in [-0.3, -0.25) is 9.59 Å². The number of amides is 1. The zero-order chi connectivity index (χ0) is 22.6. The molecule has 1 unspecified atom stereocenters. The number of carbonyl (C=O) groups excluding carboxylic acids is 2. The maximum absolute atomic E-state index is 14.7. The summed E-state index contributed by atoms with van der Waals surface area (Å²) in [6, 6.07) is 9.62. The van der Waals surface area contributed by atoms with E-state index in [1.807, 2.05) is 0 Å². The molecule has 2 aromatic rings. The second-order valence-electron chi connectivity index (χ2n) is 8.36. The van der Waals surface area contributed by atoms with Crippen LogP contribution in [0.5, 0.6) is 0 Å². The van der Waals surface area contributed by atoms with E-state index in [1.54, 1.807) is 30.3 Å². The molecule has 1 spiro atoms. The molecule has 2 aliphatic rings. The van der Waals surface area contributed by atoms with Crippen LogP contribution in [0.4, 0.5) is 17.6 Å². The molecule has 8 heteroatoms. The van der Waals surface area contributed by atoms with Gasteiger partial charge in [0.2, 0.25) is 5.91 Å². The van der Waals surface area contributed by atoms with E-state index in [-0.39, 0.29) is 36.8 Å². The van der Waals surface area contributed by atoms with Gasteiger partial charge in [-0.1, -0.05) is 23.7 Å². The average molecular weight is 454 g/mol. The van der Waals surface area contributed by atoms with Gasteiger partial charge in [-0.05, 0) is 79.1 Å². The van der Waals surface area contributed by atoms with Crippen molar-refractivity contribution >= 4 is 23.3 Å². The number of hydrogen-bond acceptors (Lipinski definition) is 2. The second kappa shape index (κ2) is 7.62. The third kappa shape index (κ3) is 3.84. The summed E-state index contributed by atoms with van der Waals surface area (Å²) in [6.45, 7) is 1.49. The van der Waals surface area contributed by atoms with Crippen LogP contribution in [-0.2, 0) is 9.59 Å². The lowest BCUT2D eigenvalue weighted by molar-refractivity contribution is -0.185. The first-order valence-electron chi connectivity index (χ1n) is 10.0. The van der Waals surface area contributed by atoms with Crippen LogP contribution in [0.25, 0.3) is 11.1 Å². The highest BCUT2D eigenvalue weighted by Gasteiger charge is 2.56. The van der Waals surface area contributed by atoms with Gasteiger partial charge in [0.15, 0.2) is 5.78 Å². The van der Waals surface area contributed by atoms with Crippen molar-refractivity contribution < 1.29 is 27.2 Å². The zero-order valence-electron chi connectivity index (χ0n) is 16.7. The Morgan fingerprint density at radius 3 is 2.23 bits per heavy atom. The lowest BCUT2D eigenvalue weighted by Gasteiger charge is -2.36. The first-order chi connectivity index (χ1) is 14.5. The maximum Gasteiger partial charge on any atom is 0.391 e. The van der Waals surface area contributed by atoms with Gasteiger partial charge < -0.3 is 5.32 Å². The SMILES string of the molecule is Cc1c(F)cc(-c2ccc(Cl)cc2)cc1C1C(=O)NC2(CCC(C(F)(F)F)CC2)C1=O. The largest absolute Gasteiger partial charge is 0.391 e. The summed E-state index contributed by atoms with van der Waals surface area (Å²) in [4.78, 5) is 26.1. The van der Waals surface area contributed by atoms with Gasteiger partial charge >= 0.3 is 6.18 Å². The molecule has 2 fully saturated rings. The number of benzene rings is 2. The number of Topliss-reactive ketones (excluding diaryl/α,β-unsaturated/α-hetero) is 1. The third-order valence-corrected chi connectivity index (χ3v) is 6.79. The van der Waals surface area contributed by atoms with Crippen LogP contribution < -0.4 is 5.32 Å². The Balaban J connectivity index is 1.68. The molecule has 1 saturated carbocycles. The lowest BCUT2D eigenvalue weighted by atomic mass is 9.72. The van der Waals surface area contributed by atoms with Crippen LogP contribution in [0.15, 0.2) is 36.4 Å². The van der Waals surface area contributed by atoms with Gasteiger partial charge in [0.25, 0.3) is 0 Å². The predicted octanol–water partition coefficient (Wildman–Crippen LogP) is 5.73. The zero-order valence-corrected chi connectivity index (χ0v) is 17.4. The quantitative estimate of drug-likeness (QED) is 0.466. The maximum atomic E-state index is 14.7. The minimum atomic E-state index is -4.32. The van der Waals surface area contributed by atoms with Crippen molar-refractivity contribution in [2.75, 3.05) is 0 Å². The van der Waals surface area contributed by atoms with Gasteiger partial charge in [0.1, 0.15) is 11.7 Å². The van der Waals surface area contributed by atoms with Crippen LogP contribution in [0.2, 0.25) is 5.02 Å². The summed E-state index contributed by atoms with van der Waals surface area (Å²) in [5, 5.41) is 3.17. The standard InChI is InChI=1S/C23H20ClF4NO2/c1-12-17(10-14(11-18(12)25)13-2-4-16(24)5-3-13)19-20(30)22(29-21(19)31)8-6-15(7-9-22)23(26,27)28/h2-5,10-11,15,19H,6-9H2,1H3,(H,29,31). The van der Waals surface area contributed by atoms with Crippen molar-refractivity contribution in [2.24, 2.45) is 5.92 Å². The molecule has 1 aliphatic heterocycles. The number of hydrogen-bond donors (Lipinski definition) is 1. The molecule has 1 N–H and O–H groups in total. The molecule has 1 saturated heterocycles. The normalized spacial score (nSPS) is 26.4. The Bertz CT molecular complexity index is 1040. The second-order valence-corrected chi connectivity index (χ2v) is 8.80. The number of halogens is 5. The fraction of sp³-hybridized carbons (Fsp3) is 0.391. The molecular formula is C23H20ClF4NO2. The molecule has 1 heterocycles. The topological polar surface area (TPSA) is 46.2 Å². The average Bonchev–Trinajstić information content (AvgIpc) is 2.94. The summed E-state index contributed by atoms with van der Waals surface area (Å²) in [7, 11) is 0. The van der Waals surface area contributed by atoms with Gasteiger partial charge in [-0.2, -0.15) is 13.2 Å². The molecule has 3 nitrogen and oxygen atoms in total. The highest BCUT2D eigenvalue weighted by atomic mass is 35.5. The number of rotatable bonds is 2. The van der Waals surface area contributed by atoms with Crippen molar-refractivity contribution in [1.29, 1.82) is 0 Å². The predicted molar refractivity (Wildman–Crippen MR) is 108 cm³/mol. The molecule has 1 aliphatic carbocycles. The number of carbonyl (C=O) groups is 2. The molecule has 0 aromatic heterocycles. The summed E-state index contributed by atoms with van der Waals surface area (Å²) in [6.07, 6.45) is -4.91. The molecule has 1 amide bonds. The third-order valence-electron chi connectivity index (χ3n) is 6.53. The van der Waals surface area contributed by atoms with Crippen molar-refractivity contribution in [2.45, 2.75) is 50.2 Å². The lowest BCUT2D eigenvalue weighted by Crippen LogP contribution is -2.50. The van der Waals surface area contributed by atoms with E-state index in [9.17, 15) is 27.2 Å². The minimum Gasteiger partial charge on any atom is -0.343 e. The highest BCUT2D eigenvalue weighted by molar-refractivity contribution is 6.30. The smallest absolute Gasteiger partial charge is 0.343 e. The number of nitrogens with one attached hydrogen (secondary N) is 1. The van der Waals surface area contributed by atoms with E-state index in [0.717, 1.165) is 0 Å². The Labute approximate surface area is 181 Å². The van der Waals surface area contributed by atoms with Gasteiger partial charge in [-0.25, -0.2) is 4.39 Å². The molecule has 2 aromatic carbocycles. The van der Waals surface area contributed by atoms with Crippen LogP contribution in [-0.4, -0.2) is 23.4 Å². The van der Waals surface area contributed by atoms with E-state index in [1.165, 1.54) is 13.0 Å². The molecule has 164 valence electrons. The van der Waals surface area contributed by atoms with Crippen LogP contribution in [0.1, 0.15) is 42.7 Å². The number of ketones is 1. The van der Waals surface area contributed by atoms with Crippen LogP contribution in [0, 0.1) is 18.7 Å². The first kappa shape index (κ1) is 21.8. The molecule has 1 atom stereocenters. The summed E-state index contributed by atoms with van der Waals surface area (Å²) >= 11 is 5.91. The van der Waals surface area contributed by atoms with Gasteiger partial charge in [0, 0.05) is 5.02 Å². The Hall–Kier alpha value is -2.41. The van der Waals surface area contributed by atoms with Crippen molar-refractivity contribution in [1.82, 2.24) is 5.32 Å². The number of alkyl halides is 3. The van der Waals surface area contributed by atoms with Crippen LogP contribution >= 0.6 is 11.6 Å². The molecule has 4 rings (SSSR count). The monoisotopic (exact) mass is 453 g/mol. The van der Waals surface area contributed by atoms with E-state index < -0.39 is 41.1 Å². The van der Waals surface area contributed by atoms with Gasteiger partial charge in [-0.15, -0.1) is 0 Å². The fourth-order valence-corrected chi connectivity index (χ4v) is 4.79. The van der Waals surface area contributed by atoms with E-state index in [2.05, 4.69) is 5.32 Å². The van der Waals surface area contributed by atoms with Crippen molar-refractivity contribution in [3.8, 4) is 11.1 Å². The molecule has 0 radical (unpaired) electrons. The van der Waals surface area contributed by atoms with E-state index >= 15 is 0 Å². The highest BCUT2D eigenvalue weighted by Crippen LogP contribution is 2.46. The Morgan fingerprint density at radius 2 is 1.65 bits per heavy atom. The van der Waals surface area contributed by atoms with Crippen LogP contribution in [0.3, 0.4) is 0 Å². The first-order valence-corrected chi connectivity index (χ1v) is 10.4. The molecule has 0 bridgehead atoms. The van der Waals surface area contributed by atoms with Crippen molar-refractivity contribution in [3.63, 3.8) is 0 Å². The molecule has 31 heavy (non-hydrogen) atoms. The Morgan fingerprint density at radius 1 is 1.03 bits per heavy atom.